The number of nitrogens with one attached hydrogen (secondary N) is 1. The number of hydrogen-bond donors (Lipinski definition) is 3. The standard InChI is InChI=1S/C16H14N6O2/c17-15(23)14-13(20-16(18)24)9-22(21-14)12-3-1-2-11(8-12)10-4-6-19-7-5-10/h1-9H,(H2,17,23)(H3,18,20,24). The molecule has 8 heteroatoms. The zero-order valence-electron chi connectivity index (χ0n) is 12.5. The Balaban J connectivity index is 2.03. The van der Waals surface area contributed by atoms with Crippen LogP contribution in [0, 0.1) is 0 Å². The van der Waals surface area contributed by atoms with Gasteiger partial charge in [-0.3, -0.25) is 9.78 Å². The quantitative estimate of drug-likeness (QED) is 0.672. The number of rotatable bonds is 4. The Labute approximate surface area is 137 Å². The van der Waals surface area contributed by atoms with E-state index in [0.29, 0.717) is 5.69 Å². The van der Waals surface area contributed by atoms with E-state index in [0.717, 1.165) is 11.1 Å². The van der Waals surface area contributed by atoms with Gasteiger partial charge in [-0.15, -0.1) is 0 Å². The Morgan fingerprint density at radius 3 is 2.46 bits per heavy atom. The van der Waals surface area contributed by atoms with Gasteiger partial charge in [-0.2, -0.15) is 5.10 Å². The van der Waals surface area contributed by atoms with Gasteiger partial charge in [-0.25, -0.2) is 9.48 Å². The Morgan fingerprint density at radius 1 is 1.04 bits per heavy atom. The Morgan fingerprint density at radius 2 is 1.79 bits per heavy atom. The highest BCUT2D eigenvalue weighted by molar-refractivity contribution is 6.00. The van der Waals surface area contributed by atoms with Crippen molar-refractivity contribution >= 4 is 17.6 Å². The van der Waals surface area contributed by atoms with Crippen molar-refractivity contribution in [2.24, 2.45) is 11.5 Å². The normalized spacial score (nSPS) is 10.3. The van der Waals surface area contributed by atoms with Gasteiger partial charge in [0.05, 0.1) is 17.6 Å². The summed E-state index contributed by atoms with van der Waals surface area (Å²) in [5, 5.41) is 6.46. The van der Waals surface area contributed by atoms with Gasteiger partial charge < -0.3 is 16.8 Å². The van der Waals surface area contributed by atoms with Crippen LogP contribution in [0.4, 0.5) is 10.5 Å². The maximum atomic E-state index is 11.5. The van der Waals surface area contributed by atoms with Crippen molar-refractivity contribution in [2.75, 3.05) is 5.32 Å². The van der Waals surface area contributed by atoms with Crippen molar-refractivity contribution in [2.45, 2.75) is 0 Å². The number of hydrogen-bond acceptors (Lipinski definition) is 4. The molecule has 0 atom stereocenters. The molecule has 0 radical (unpaired) electrons. The largest absolute Gasteiger partial charge is 0.364 e. The van der Waals surface area contributed by atoms with Crippen molar-refractivity contribution in [1.82, 2.24) is 14.8 Å². The molecule has 0 aliphatic carbocycles. The van der Waals surface area contributed by atoms with Gasteiger partial charge in [0, 0.05) is 12.4 Å². The summed E-state index contributed by atoms with van der Waals surface area (Å²) < 4.78 is 1.45. The molecule has 0 unspecified atom stereocenters. The molecule has 0 saturated carbocycles. The summed E-state index contributed by atoms with van der Waals surface area (Å²) in [6.45, 7) is 0. The minimum atomic E-state index is -0.803. The molecule has 0 saturated heterocycles. The maximum Gasteiger partial charge on any atom is 0.316 e. The smallest absolute Gasteiger partial charge is 0.316 e. The lowest BCUT2D eigenvalue weighted by Crippen LogP contribution is -2.22. The molecule has 0 aliphatic rings. The van der Waals surface area contributed by atoms with Crippen molar-refractivity contribution in [1.29, 1.82) is 0 Å². The van der Waals surface area contributed by atoms with Crippen LogP contribution in [-0.4, -0.2) is 26.7 Å². The molecule has 24 heavy (non-hydrogen) atoms. The number of anilines is 1. The third-order valence-electron chi connectivity index (χ3n) is 3.33. The van der Waals surface area contributed by atoms with E-state index in [2.05, 4.69) is 15.4 Å². The predicted molar refractivity (Wildman–Crippen MR) is 88.5 cm³/mol. The molecule has 2 aromatic heterocycles. The van der Waals surface area contributed by atoms with E-state index in [4.69, 9.17) is 11.5 Å². The van der Waals surface area contributed by atoms with Crippen molar-refractivity contribution in [3.05, 3.63) is 60.7 Å². The minimum Gasteiger partial charge on any atom is -0.364 e. The lowest BCUT2D eigenvalue weighted by atomic mass is 10.1. The summed E-state index contributed by atoms with van der Waals surface area (Å²) in [5.74, 6) is -0.761. The summed E-state index contributed by atoms with van der Waals surface area (Å²) in [4.78, 5) is 26.5. The molecule has 5 N–H and O–H groups in total. The third kappa shape index (κ3) is 3.07. The summed E-state index contributed by atoms with van der Waals surface area (Å²) in [7, 11) is 0. The summed E-state index contributed by atoms with van der Waals surface area (Å²) in [6, 6.07) is 10.5. The van der Waals surface area contributed by atoms with Gasteiger partial charge >= 0.3 is 6.03 Å². The fraction of sp³-hybridized carbons (Fsp3) is 0. The average Bonchev–Trinajstić information content (AvgIpc) is 2.99. The first-order chi connectivity index (χ1) is 11.5. The highest BCUT2D eigenvalue weighted by Gasteiger charge is 2.16. The number of aromatic nitrogens is 3. The second-order valence-corrected chi connectivity index (χ2v) is 4.98. The number of carbonyl (C=O) groups excluding carboxylic acids is 2. The molecular formula is C16H14N6O2. The monoisotopic (exact) mass is 322 g/mol. The van der Waals surface area contributed by atoms with Gasteiger partial charge in [0.2, 0.25) is 0 Å². The summed E-state index contributed by atoms with van der Waals surface area (Å²) in [5.41, 5.74) is 13.1. The summed E-state index contributed by atoms with van der Waals surface area (Å²) in [6.07, 6.45) is 4.89. The average molecular weight is 322 g/mol. The van der Waals surface area contributed by atoms with Gasteiger partial charge in [0.15, 0.2) is 5.69 Å². The molecule has 3 rings (SSSR count). The van der Waals surface area contributed by atoms with E-state index in [1.54, 1.807) is 12.4 Å². The SMILES string of the molecule is NC(=O)Nc1cn(-c2cccc(-c3ccncc3)c2)nc1C(N)=O. The number of nitrogens with zero attached hydrogens (tertiary/aromatic N) is 3. The molecule has 2 heterocycles. The minimum absolute atomic E-state index is 0.0666. The van der Waals surface area contributed by atoms with Crippen molar-refractivity contribution in [3.8, 4) is 16.8 Å². The number of amides is 3. The molecule has 8 nitrogen and oxygen atoms in total. The van der Waals surface area contributed by atoms with Crippen LogP contribution in [0.3, 0.4) is 0 Å². The van der Waals surface area contributed by atoms with Gasteiger partial charge in [0.1, 0.15) is 0 Å². The van der Waals surface area contributed by atoms with Crippen LogP contribution in [0.15, 0.2) is 55.0 Å². The van der Waals surface area contributed by atoms with Crippen molar-refractivity contribution in [3.63, 3.8) is 0 Å². The molecule has 3 aromatic rings. The van der Waals surface area contributed by atoms with Crippen LogP contribution in [0.1, 0.15) is 10.5 Å². The molecule has 3 amide bonds. The zero-order chi connectivity index (χ0) is 17.1. The van der Waals surface area contributed by atoms with Crippen LogP contribution >= 0.6 is 0 Å². The van der Waals surface area contributed by atoms with E-state index in [1.165, 1.54) is 10.9 Å². The van der Waals surface area contributed by atoms with E-state index in [-0.39, 0.29) is 11.4 Å². The number of urea groups is 1. The Hall–Kier alpha value is -3.68. The number of primary amides is 2. The molecule has 0 fully saturated rings. The maximum absolute atomic E-state index is 11.5. The fourth-order valence-electron chi connectivity index (χ4n) is 2.28. The first kappa shape index (κ1) is 15.2. The first-order valence-corrected chi connectivity index (χ1v) is 7.01. The zero-order valence-corrected chi connectivity index (χ0v) is 12.5. The second-order valence-electron chi connectivity index (χ2n) is 4.98. The van der Waals surface area contributed by atoms with Crippen LogP contribution in [-0.2, 0) is 0 Å². The van der Waals surface area contributed by atoms with E-state index in [9.17, 15) is 9.59 Å². The van der Waals surface area contributed by atoms with E-state index >= 15 is 0 Å². The van der Waals surface area contributed by atoms with Crippen LogP contribution in [0.2, 0.25) is 0 Å². The van der Waals surface area contributed by atoms with Gasteiger partial charge in [-0.05, 0) is 35.4 Å². The second kappa shape index (κ2) is 6.21. The number of pyridine rings is 1. The van der Waals surface area contributed by atoms with E-state index < -0.39 is 11.9 Å². The number of carbonyl (C=O) groups is 2. The predicted octanol–water partition coefficient (Wildman–Crippen LogP) is 1.52. The topological polar surface area (TPSA) is 129 Å². The first-order valence-electron chi connectivity index (χ1n) is 7.01. The highest BCUT2D eigenvalue weighted by Crippen LogP contribution is 2.23. The fourth-order valence-corrected chi connectivity index (χ4v) is 2.28. The van der Waals surface area contributed by atoms with E-state index in [1.807, 2.05) is 36.4 Å². The molecule has 0 aliphatic heterocycles. The molecule has 1 aromatic carbocycles. The van der Waals surface area contributed by atoms with Crippen LogP contribution in [0.5, 0.6) is 0 Å². The van der Waals surface area contributed by atoms with Gasteiger partial charge in [0.25, 0.3) is 5.91 Å². The number of nitrogens with two attached hydrogens (primary N) is 2. The lowest BCUT2D eigenvalue weighted by Gasteiger charge is -2.05. The lowest BCUT2D eigenvalue weighted by molar-refractivity contribution is 0.0996. The molecule has 120 valence electrons. The Kier molecular flexibility index (Phi) is 3.94. The number of benzene rings is 1. The Bertz CT molecular complexity index is 904. The molecular weight excluding hydrogens is 308 g/mol. The van der Waals surface area contributed by atoms with Crippen LogP contribution < -0.4 is 16.8 Å². The van der Waals surface area contributed by atoms with Crippen LogP contribution in [0.25, 0.3) is 16.8 Å². The van der Waals surface area contributed by atoms with Gasteiger partial charge in [-0.1, -0.05) is 12.1 Å². The van der Waals surface area contributed by atoms with Crippen molar-refractivity contribution < 1.29 is 9.59 Å². The molecule has 0 spiro atoms. The highest BCUT2D eigenvalue weighted by atomic mass is 16.2. The molecule has 0 bridgehead atoms. The third-order valence-corrected chi connectivity index (χ3v) is 3.33. The summed E-state index contributed by atoms with van der Waals surface area (Å²) >= 11 is 0.